The molecule has 0 radical (unpaired) electrons. The molecule has 0 aliphatic rings. The van der Waals surface area contributed by atoms with Crippen molar-refractivity contribution in [2.75, 3.05) is 35.0 Å². The number of methoxy groups -OCH3 is 1. The molecule has 3 aromatic rings. The van der Waals surface area contributed by atoms with Crippen molar-refractivity contribution in [2.45, 2.75) is 0 Å². The van der Waals surface area contributed by atoms with E-state index in [0.29, 0.717) is 28.6 Å². The van der Waals surface area contributed by atoms with Crippen LogP contribution in [0.2, 0.25) is 5.02 Å². The van der Waals surface area contributed by atoms with E-state index in [0.717, 1.165) is 12.1 Å². The number of hydrogen-bond acceptors (Lipinski definition) is 6. The molecular formula is C22H20ClFN6O3. The monoisotopic (exact) mass is 470 g/mol. The van der Waals surface area contributed by atoms with Crippen molar-refractivity contribution >= 4 is 52.2 Å². The first-order valence-corrected chi connectivity index (χ1v) is 9.88. The molecule has 9 nitrogen and oxygen atoms in total. The average molecular weight is 471 g/mol. The number of aromatic nitrogens is 2. The highest BCUT2D eigenvalue weighted by Crippen LogP contribution is 2.31. The largest absolute Gasteiger partial charge is 0.495 e. The van der Waals surface area contributed by atoms with Gasteiger partial charge in [-0.05, 0) is 42.5 Å². The molecule has 2 aromatic carbocycles. The highest BCUT2D eigenvalue weighted by atomic mass is 35.5. The van der Waals surface area contributed by atoms with Crippen molar-refractivity contribution in [2.24, 2.45) is 0 Å². The van der Waals surface area contributed by atoms with Crippen LogP contribution in [0.3, 0.4) is 0 Å². The van der Waals surface area contributed by atoms with Crippen LogP contribution in [-0.4, -0.2) is 36.1 Å². The number of carbonyl (C=O) groups is 2. The Hall–Kier alpha value is -4.18. The Morgan fingerprint density at radius 1 is 1.12 bits per heavy atom. The Bertz CT molecular complexity index is 1210. The maximum absolute atomic E-state index is 13.3. The van der Waals surface area contributed by atoms with Crippen molar-refractivity contribution in [1.29, 1.82) is 0 Å². The standard InChI is InChI=1S/C22H20ClFN6O3/c1-4-21(31)27-14-6-8-18(33-3)17(10-14)29-19-11-20(26-12-25-19)30(2)22(32)28-13-5-7-16(24)15(23)9-13/h4-12H,1H2,2-3H3,(H,27,31)(H,28,32)(H,25,26,29). The summed E-state index contributed by atoms with van der Waals surface area (Å²) in [5.41, 5.74) is 1.37. The fourth-order valence-corrected chi connectivity index (χ4v) is 2.88. The van der Waals surface area contributed by atoms with Gasteiger partial charge in [-0.2, -0.15) is 0 Å². The minimum Gasteiger partial charge on any atom is -0.495 e. The number of nitrogens with zero attached hydrogens (tertiary/aromatic N) is 3. The van der Waals surface area contributed by atoms with Crippen molar-refractivity contribution in [3.05, 3.63) is 72.3 Å². The smallest absolute Gasteiger partial charge is 0.327 e. The van der Waals surface area contributed by atoms with Crippen LogP contribution in [0.1, 0.15) is 0 Å². The lowest BCUT2D eigenvalue weighted by Crippen LogP contribution is -2.31. The topological polar surface area (TPSA) is 108 Å². The lowest BCUT2D eigenvalue weighted by molar-refractivity contribution is -0.111. The summed E-state index contributed by atoms with van der Waals surface area (Å²) in [6.45, 7) is 3.43. The van der Waals surface area contributed by atoms with Crippen LogP contribution < -0.4 is 25.6 Å². The van der Waals surface area contributed by atoms with Gasteiger partial charge in [-0.15, -0.1) is 0 Å². The number of ether oxygens (including phenoxy) is 1. The molecule has 170 valence electrons. The van der Waals surface area contributed by atoms with Gasteiger partial charge in [0.2, 0.25) is 5.91 Å². The molecule has 0 bridgehead atoms. The second-order valence-electron chi connectivity index (χ2n) is 6.61. The van der Waals surface area contributed by atoms with Crippen LogP contribution in [0.15, 0.2) is 61.4 Å². The molecule has 0 unspecified atom stereocenters. The Morgan fingerprint density at radius 3 is 2.55 bits per heavy atom. The fourth-order valence-electron chi connectivity index (χ4n) is 2.70. The summed E-state index contributed by atoms with van der Waals surface area (Å²) in [7, 11) is 3.02. The van der Waals surface area contributed by atoms with Gasteiger partial charge in [0.1, 0.15) is 29.5 Å². The Morgan fingerprint density at radius 2 is 1.85 bits per heavy atom. The number of urea groups is 1. The van der Waals surface area contributed by atoms with Gasteiger partial charge in [-0.25, -0.2) is 19.2 Å². The SMILES string of the molecule is C=CC(=O)Nc1ccc(OC)c(Nc2cc(N(C)C(=O)Nc3ccc(F)c(Cl)c3)ncn2)c1. The number of hydrogen-bond donors (Lipinski definition) is 3. The molecule has 0 aliphatic heterocycles. The number of halogens is 2. The zero-order valence-corrected chi connectivity index (χ0v) is 18.5. The number of amides is 3. The third-order valence-electron chi connectivity index (χ3n) is 4.39. The van der Waals surface area contributed by atoms with Gasteiger partial charge in [0.05, 0.1) is 17.8 Å². The number of benzene rings is 2. The van der Waals surface area contributed by atoms with Crippen LogP contribution in [0, 0.1) is 5.82 Å². The van der Waals surface area contributed by atoms with E-state index >= 15 is 0 Å². The van der Waals surface area contributed by atoms with Crippen molar-refractivity contribution in [1.82, 2.24) is 9.97 Å². The predicted octanol–water partition coefficient (Wildman–Crippen LogP) is 4.81. The van der Waals surface area contributed by atoms with Gasteiger partial charge < -0.3 is 20.7 Å². The van der Waals surface area contributed by atoms with E-state index in [2.05, 4.69) is 32.5 Å². The first kappa shape index (κ1) is 23.5. The number of nitrogens with one attached hydrogen (secondary N) is 3. The minimum absolute atomic E-state index is 0.107. The molecule has 1 heterocycles. The Labute approximate surface area is 194 Å². The molecule has 3 amide bonds. The molecule has 1 aromatic heterocycles. The molecule has 0 fully saturated rings. The lowest BCUT2D eigenvalue weighted by Gasteiger charge is -2.18. The molecule has 0 atom stereocenters. The lowest BCUT2D eigenvalue weighted by atomic mass is 10.2. The maximum Gasteiger partial charge on any atom is 0.327 e. The fraction of sp³-hybridized carbons (Fsp3) is 0.0909. The van der Waals surface area contributed by atoms with Crippen LogP contribution in [0.5, 0.6) is 5.75 Å². The summed E-state index contributed by atoms with van der Waals surface area (Å²) in [6.07, 6.45) is 2.45. The minimum atomic E-state index is -0.585. The highest BCUT2D eigenvalue weighted by Gasteiger charge is 2.15. The van der Waals surface area contributed by atoms with E-state index in [1.165, 1.54) is 37.5 Å². The van der Waals surface area contributed by atoms with E-state index in [1.54, 1.807) is 24.3 Å². The number of rotatable bonds is 7. The van der Waals surface area contributed by atoms with Crippen molar-refractivity contribution in [3.63, 3.8) is 0 Å². The van der Waals surface area contributed by atoms with Gasteiger partial charge in [0.25, 0.3) is 0 Å². The highest BCUT2D eigenvalue weighted by molar-refractivity contribution is 6.31. The normalized spacial score (nSPS) is 10.2. The van der Waals surface area contributed by atoms with Crippen LogP contribution in [0.4, 0.5) is 37.9 Å². The maximum atomic E-state index is 13.3. The summed E-state index contributed by atoms with van der Waals surface area (Å²) in [5, 5.41) is 8.25. The molecule has 0 aliphatic carbocycles. The van der Waals surface area contributed by atoms with Crippen LogP contribution in [-0.2, 0) is 4.79 Å². The summed E-state index contributed by atoms with van der Waals surface area (Å²) >= 11 is 5.76. The van der Waals surface area contributed by atoms with E-state index in [1.807, 2.05) is 0 Å². The Kier molecular flexibility index (Phi) is 7.42. The summed E-state index contributed by atoms with van der Waals surface area (Å²) in [5.74, 6) is 0.220. The molecule has 0 saturated heterocycles. The molecule has 33 heavy (non-hydrogen) atoms. The van der Waals surface area contributed by atoms with Gasteiger partial charge in [0, 0.05) is 24.5 Å². The van der Waals surface area contributed by atoms with E-state index in [4.69, 9.17) is 16.3 Å². The van der Waals surface area contributed by atoms with Gasteiger partial charge >= 0.3 is 6.03 Å². The quantitative estimate of drug-likeness (QED) is 0.427. The number of carbonyl (C=O) groups excluding carboxylic acids is 2. The van der Waals surface area contributed by atoms with E-state index in [-0.39, 0.29) is 16.7 Å². The van der Waals surface area contributed by atoms with Crippen molar-refractivity contribution in [3.8, 4) is 5.75 Å². The van der Waals surface area contributed by atoms with Gasteiger partial charge in [-0.3, -0.25) is 9.69 Å². The third kappa shape index (κ3) is 5.95. The van der Waals surface area contributed by atoms with E-state index < -0.39 is 11.8 Å². The molecule has 3 rings (SSSR count). The zero-order chi connectivity index (χ0) is 24.0. The second-order valence-corrected chi connectivity index (χ2v) is 7.02. The van der Waals surface area contributed by atoms with Crippen LogP contribution in [0.25, 0.3) is 0 Å². The number of anilines is 5. The van der Waals surface area contributed by atoms with Gasteiger partial charge in [-0.1, -0.05) is 18.2 Å². The molecule has 0 saturated carbocycles. The molecule has 0 spiro atoms. The third-order valence-corrected chi connectivity index (χ3v) is 4.68. The van der Waals surface area contributed by atoms with Crippen molar-refractivity contribution < 1.29 is 18.7 Å². The predicted molar refractivity (Wildman–Crippen MR) is 126 cm³/mol. The summed E-state index contributed by atoms with van der Waals surface area (Å²) in [4.78, 5) is 33.7. The molecule has 11 heteroatoms. The zero-order valence-electron chi connectivity index (χ0n) is 17.7. The summed E-state index contributed by atoms with van der Waals surface area (Å²) < 4.78 is 18.7. The average Bonchev–Trinajstić information content (AvgIpc) is 2.81. The molecule has 3 N–H and O–H groups in total. The Balaban J connectivity index is 1.78. The van der Waals surface area contributed by atoms with Crippen LogP contribution >= 0.6 is 11.6 Å². The first-order chi connectivity index (χ1) is 15.8. The second kappa shape index (κ2) is 10.4. The molecular weight excluding hydrogens is 451 g/mol. The van der Waals surface area contributed by atoms with Gasteiger partial charge in [0.15, 0.2) is 0 Å². The first-order valence-electron chi connectivity index (χ1n) is 9.51. The summed E-state index contributed by atoms with van der Waals surface area (Å²) in [6, 6.07) is 9.90. The van der Waals surface area contributed by atoms with E-state index in [9.17, 15) is 14.0 Å².